The number of carbonyl (C=O) groups excluding carboxylic acids is 1. The predicted molar refractivity (Wildman–Crippen MR) is 68.4 cm³/mol. The number of hydrogen-bond donors (Lipinski definition) is 3. The van der Waals surface area contributed by atoms with Crippen molar-refractivity contribution in [2.24, 2.45) is 17.1 Å². The molecule has 4 heteroatoms. The van der Waals surface area contributed by atoms with E-state index in [0.717, 1.165) is 12.8 Å². The molecule has 1 aliphatic carbocycles. The highest BCUT2D eigenvalue weighted by Crippen LogP contribution is 2.38. The largest absolute Gasteiger partial charge is 0.396 e. The quantitative estimate of drug-likeness (QED) is 0.674. The Morgan fingerprint density at radius 2 is 1.94 bits per heavy atom. The summed E-state index contributed by atoms with van der Waals surface area (Å²) in [6.07, 6.45) is 2.65. The van der Waals surface area contributed by atoms with Crippen LogP contribution in [0.3, 0.4) is 0 Å². The molecular weight excluding hydrogens is 216 g/mol. The molecule has 0 heterocycles. The van der Waals surface area contributed by atoms with Crippen LogP contribution in [0.15, 0.2) is 0 Å². The number of hydrogen-bond acceptors (Lipinski definition) is 3. The molecule has 0 radical (unpaired) electrons. The highest BCUT2D eigenvalue weighted by molar-refractivity contribution is 5.86. The molecule has 0 saturated heterocycles. The van der Waals surface area contributed by atoms with E-state index in [9.17, 15) is 4.79 Å². The highest BCUT2D eigenvalue weighted by atomic mass is 16.3. The second-order valence-electron chi connectivity index (χ2n) is 6.46. The first-order valence-electron chi connectivity index (χ1n) is 6.40. The smallest absolute Gasteiger partial charge is 0.240 e. The van der Waals surface area contributed by atoms with E-state index >= 15 is 0 Å². The number of nitrogens with one attached hydrogen (secondary N) is 1. The third-order valence-corrected chi connectivity index (χ3v) is 3.68. The van der Waals surface area contributed by atoms with Crippen molar-refractivity contribution in [1.29, 1.82) is 0 Å². The van der Waals surface area contributed by atoms with E-state index in [0.29, 0.717) is 12.3 Å². The number of rotatable bonds is 5. The van der Waals surface area contributed by atoms with E-state index in [2.05, 4.69) is 26.1 Å². The van der Waals surface area contributed by atoms with Crippen LogP contribution >= 0.6 is 0 Å². The van der Waals surface area contributed by atoms with Gasteiger partial charge in [-0.2, -0.15) is 0 Å². The first kappa shape index (κ1) is 14.5. The summed E-state index contributed by atoms with van der Waals surface area (Å²) in [6.45, 7) is 8.04. The minimum atomic E-state index is -0.765. The van der Waals surface area contributed by atoms with Crippen LogP contribution in [0.2, 0.25) is 0 Å². The summed E-state index contributed by atoms with van der Waals surface area (Å²) in [6, 6.07) is -0.0402. The number of amides is 1. The fraction of sp³-hybridized carbons (Fsp3) is 0.923. The Balaban J connectivity index is 2.63. The van der Waals surface area contributed by atoms with Crippen molar-refractivity contribution in [1.82, 2.24) is 5.32 Å². The van der Waals surface area contributed by atoms with Crippen molar-refractivity contribution in [3.8, 4) is 0 Å². The molecule has 0 aromatic carbocycles. The van der Waals surface area contributed by atoms with Gasteiger partial charge in [0.1, 0.15) is 0 Å². The van der Waals surface area contributed by atoms with E-state index in [1.165, 1.54) is 0 Å². The average molecular weight is 242 g/mol. The zero-order valence-corrected chi connectivity index (χ0v) is 11.4. The van der Waals surface area contributed by atoms with E-state index in [-0.39, 0.29) is 24.0 Å². The van der Waals surface area contributed by atoms with Crippen LogP contribution in [-0.2, 0) is 4.79 Å². The molecule has 17 heavy (non-hydrogen) atoms. The van der Waals surface area contributed by atoms with Gasteiger partial charge in [-0.3, -0.25) is 4.79 Å². The lowest BCUT2D eigenvalue weighted by Gasteiger charge is -2.34. The molecular formula is C13H26N2O2. The lowest BCUT2D eigenvalue weighted by molar-refractivity contribution is -0.128. The molecule has 0 spiro atoms. The van der Waals surface area contributed by atoms with Crippen LogP contribution in [0.5, 0.6) is 0 Å². The zero-order chi connectivity index (χ0) is 13.3. The van der Waals surface area contributed by atoms with Gasteiger partial charge in [0.25, 0.3) is 0 Å². The Morgan fingerprint density at radius 3 is 2.29 bits per heavy atom. The molecule has 2 unspecified atom stereocenters. The van der Waals surface area contributed by atoms with Crippen molar-refractivity contribution in [2.45, 2.75) is 58.5 Å². The van der Waals surface area contributed by atoms with E-state index in [1.807, 2.05) is 0 Å². The third-order valence-electron chi connectivity index (χ3n) is 3.68. The van der Waals surface area contributed by atoms with Gasteiger partial charge in [-0.05, 0) is 37.5 Å². The topological polar surface area (TPSA) is 75.3 Å². The minimum absolute atomic E-state index is 0.0402. The van der Waals surface area contributed by atoms with Crippen LogP contribution in [-0.4, -0.2) is 29.2 Å². The van der Waals surface area contributed by atoms with Gasteiger partial charge in [-0.1, -0.05) is 20.8 Å². The molecule has 100 valence electrons. The second-order valence-corrected chi connectivity index (χ2v) is 6.46. The third kappa shape index (κ3) is 3.68. The van der Waals surface area contributed by atoms with Gasteiger partial charge in [0.2, 0.25) is 5.91 Å². The van der Waals surface area contributed by atoms with Gasteiger partial charge in [0.15, 0.2) is 0 Å². The first-order valence-corrected chi connectivity index (χ1v) is 6.40. The number of nitrogens with two attached hydrogens (primary N) is 1. The molecule has 0 aromatic heterocycles. The Hall–Kier alpha value is -0.610. The SMILES string of the molecule is CC(C)(C)C(CCO)NC(=O)C(C)(N)C1CC1. The van der Waals surface area contributed by atoms with E-state index < -0.39 is 5.54 Å². The van der Waals surface area contributed by atoms with Crippen LogP contribution in [0.4, 0.5) is 0 Å². The number of aliphatic hydroxyl groups is 1. The van der Waals surface area contributed by atoms with Crippen LogP contribution in [0.1, 0.15) is 47.0 Å². The van der Waals surface area contributed by atoms with Gasteiger partial charge < -0.3 is 16.2 Å². The summed E-state index contributed by atoms with van der Waals surface area (Å²) in [7, 11) is 0. The average Bonchev–Trinajstić information content (AvgIpc) is 2.98. The summed E-state index contributed by atoms with van der Waals surface area (Å²) in [5, 5.41) is 12.1. The molecule has 4 nitrogen and oxygen atoms in total. The lowest BCUT2D eigenvalue weighted by atomic mass is 9.84. The molecule has 1 saturated carbocycles. The summed E-state index contributed by atoms with van der Waals surface area (Å²) < 4.78 is 0. The molecule has 1 amide bonds. The van der Waals surface area contributed by atoms with Gasteiger partial charge in [0, 0.05) is 12.6 Å². The van der Waals surface area contributed by atoms with E-state index in [4.69, 9.17) is 10.8 Å². The molecule has 0 aliphatic heterocycles. The Labute approximate surface area is 104 Å². The normalized spacial score (nSPS) is 21.8. The summed E-state index contributed by atoms with van der Waals surface area (Å²) in [5.41, 5.74) is 5.24. The Kier molecular flexibility index (Phi) is 4.20. The van der Waals surface area contributed by atoms with Crippen LogP contribution in [0.25, 0.3) is 0 Å². The van der Waals surface area contributed by atoms with Gasteiger partial charge in [-0.15, -0.1) is 0 Å². The van der Waals surface area contributed by atoms with Crippen LogP contribution < -0.4 is 11.1 Å². The Bertz CT molecular complexity index is 278. The zero-order valence-electron chi connectivity index (χ0n) is 11.4. The summed E-state index contributed by atoms with van der Waals surface area (Å²) in [5.74, 6) is 0.227. The van der Waals surface area contributed by atoms with Gasteiger partial charge in [0.05, 0.1) is 5.54 Å². The maximum atomic E-state index is 12.2. The Morgan fingerprint density at radius 1 is 1.41 bits per heavy atom. The van der Waals surface area contributed by atoms with Gasteiger partial charge >= 0.3 is 0 Å². The minimum Gasteiger partial charge on any atom is -0.396 e. The molecule has 4 N–H and O–H groups in total. The molecule has 1 aliphatic rings. The van der Waals surface area contributed by atoms with Crippen LogP contribution in [0, 0.1) is 11.3 Å². The fourth-order valence-corrected chi connectivity index (χ4v) is 2.03. The van der Waals surface area contributed by atoms with Crippen molar-refractivity contribution in [3.05, 3.63) is 0 Å². The lowest BCUT2D eigenvalue weighted by Crippen LogP contribution is -2.58. The molecule has 0 bridgehead atoms. The second kappa shape index (κ2) is 4.94. The van der Waals surface area contributed by atoms with Crippen molar-refractivity contribution in [2.75, 3.05) is 6.61 Å². The van der Waals surface area contributed by atoms with Crippen molar-refractivity contribution >= 4 is 5.91 Å². The first-order chi connectivity index (χ1) is 7.69. The molecule has 1 fully saturated rings. The maximum absolute atomic E-state index is 12.2. The standard InChI is InChI=1S/C13H26N2O2/c1-12(2,3)10(7-8-16)15-11(17)13(4,14)9-5-6-9/h9-10,16H,5-8,14H2,1-4H3,(H,15,17). The van der Waals surface area contributed by atoms with Crippen molar-refractivity contribution < 1.29 is 9.90 Å². The summed E-state index contributed by atoms with van der Waals surface area (Å²) >= 11 is 0. The molecule has 1 rings (SSSR count). The molecule has 2 atom stereocenters. The molecule has 0 aromatic rings. The summed E-state index contributed by atoms with van der Waals surface area (Å²) in [4.78, 5) is 12.2. The highest BCUT2D eigenvalue weighted by Gasteiger charge is 2.45. The van der Waals surface area contributed by atoms with Gasteiger partial charge in [-0.25, -0.2) is 0 Å². The predicted octanol–water partition coefficient (Wildman–Crippen LogP) is 1.03. The monoisotopic (exact) mass is 242 g/mol. The maximum Gasteiger partial charge on any atom is 0.240 e. The number of carbonyl (C=O) groups is 1. The fourth-order valence-electron chi connectivity index (χ4n) is 2.03. The van der Waals surface area contributed by atoms with Crippen molar-refractivity contribution in [3.63, 3.8) is 0 Å². The number of aliphatic hydroxyl groups excluding tert-OH is 1. The van der Waals surface area contributed by atoms with E-state index in [1.54, 1.807) is 6.92 Å².